The Bertz CT molecular complexity index is 44.5. The van der Waals surface area contributed by atoms with Gasteiger partial charge in [0.2, 0.25) is 0 Å². The van der Waals surface area contributed by atoms with Crippen LogP contribution in [0.5, 0.6) is 0 Å². The Morgan fingerprint density at radius 3 is 1.71 bits per heavy atom. The van der Waals surface area contributed by atoms with E-state index in [1.807, 2.05) is 5.92 Å². The van der Waals surface area contributed by atoms with Crippen molar-refractivity contribution in [3.05, 3.63) is 0 Å². The largest absolute Gasteiger partial charge is 0.397 e. The summed E-state index contributed by atoms with van der Waals surface area (Å²) in [6.07, 6.45) is 4.53. The second kappa shape index (κ2) is 17.9. The van der Waals surface area contributed by atoms with Crippen molar-refractivity contribution >= 4 is 0 Å². The van der Waals surface area contributed by atoms with Crippen LogP contribution in [-0.4, -0.2) is 23.4 Å². The van der Waals surface area contributed by atoms with E-state index >= 15 is 0 Å². The van der Waals surface area contributed by atoms with E-state index in [9.17, 15) is 0 Å². The number of aliphatic hydroxyl groups excluding tert-OH is 2. The first-order valence-electron chi connectivity index (χ1n) is 1.98. The second-order valence-corrected chi connectivity index (χ2v) is 0.678. The van der Waals surface area contributed by atoms with Crippen LogP contribution in [0.15, 0.2) is 0 Å². The molecule has 0 saturated heterocycles. The van der Waals surface area contributed by atoms with Gasteiger partial charge in [0, 0.05) is 6.61 Å². The van der Waals surface area contributed by atoms with Gasteiger partial charge >= 0.3 is 0 Å². The van der Waals surface area contributed by atoms with E-state index < -0.39 is 0 Å². The average Bonchev–Trinajstić information content (AvgIpc) is 1.69. The third kappa shape index (κ3) is 288. The summed E-state index contributed by atoms with van der Waals surface area (Å²) in [5, 5.41) is 15.2. The highest BCUT2D eigenvalue weighted by molar-refractivity contribution is 4.81. The lowest BCUT2D eigenvalue weighted by Gasteiger charge is -1.55. The fourth-order valence-corrected chi connectivity index (χ4v) is 0. The molecule has 0 atom stereocenters. The van der Waals surface area contributed by atoms with Crippen LogP contribution in [0.1, 0.15) is 6.92 Å². The van der Waals surface area contributed by atoms with Crippen LogP contribution >= 0.6 is 0 Å². The molecule has 7 heavy (non-hydrogen) atoms. The molecule has 0 saturated carbocycles. The minimum Gasteiger partial charge on any atom is -0.397 e. The molecule has 42 valence electrons. The molecule has 2 nitrogen and oxygen atoms in total. The molecule has 0 radical (unpaired) electrons. The van der Waals surface area contributed by atoms with Crippen LogP contribution < -0.4 is 0 Å². The van der Waals surface area contributed by atoms with Crippen molar-refractivity contribution in [2.75, 3.05) is 13.2 Å². The molecular formula is C5H10O2. The minimum atomic E-state index is -0.153. The van der Waals surface area contributed by atoms with Gasteiger partial charge in [0.1, 0.15) is 6.61 Å². The molecule has 0 heterocycles. The molecule has 0 bridgehead atoms. The van der Waals surface area contributed by atoms with Gasteiger partial charge in [0.15, 0.2) is 0 Å². The molecule has 0 aliphatic carbocycles. The third-order valence-electron chi connectivity index (χ3n) is 0.0913. The van der Waals surface area contributed by atoms with Gasteiger partial charge in [-0.15, -0.1) is 6.42 Å². The van der Waals surface area contributed by atoms with Gasteiger partial charge in [0.25, 0.3) is 0 Å². The standard InChI is InChI=1S/C3H4O.C2H6O/c1-2-3-4;1-2-3/h1,4H,3H2;3H,2H2,1H3. The maximum atomic E-state index is 7.64. The Hall–Kier alpha value is -0.520. The zero-order valence-corrected chi connectivity index (χ0v) is 4.39. The first kappa shape index (κ1) is 9.70. The molecule has 0 unspecified atom stereocenters. The van der Waals surface area contributed by atoms with Crippen molar-refractivity contribution in [1.29, 1.82) is 0 Å². The normalized spacial score (nSPS) is 5.43. The molecule has 0 rings (SSSR count). The van der Waals surface area contributed by atoms with Crippen molar-refractivity contribution in [2.24, 2.45) is 0 Å². The number of aliphatic hydroxyl groups is 2. The highest BCUT2D eigenvalue weighted by atomic mass is 16.3. The van der Waals surface area contributed by atoms with Crippen LogP contribution in [-0.2, 0) is 0 Å². The van der Waals surface area contributed by atoms with Gasteiger partial charge in [-0.2, -0.15) is 0 Å². The zero-order valence-electron chi connectivity index (χ0n) is 4.39. The van der Waals surface area contributed by atoms with E-state index in [0.717, 1.165) is 0 Å². The van der Waals surface area contributed by atoms with Gasteiger partial charge in [-0.25, -0.2) is 0 Å². The number of hydrogen-bond donors (Lipinski definition) is 2. The molecule has 0 aromatic heterocycles. The molecule has 0 fully saturated rings. The molecule has 2 N–H and O–H groups in total. The van der Waals surface area contributed by atoms with Crippen LogP contribution in [0.3, 0.4) is 0 Å². The fraction of sp³-hybridized carbons (Fsp3) is 0.600. The van der Waals surface area contributed by atoms with Crippen molar-refractivity contribution in [3.63, 3.8) is 0 Å². The molecule has 2 heteroatoms. The summed E-state index contributed by atoms with van der Waals surface area (Å²) in [6, 6.07) is 0. The molecule has 0 spiro atoms. The van der Waals surface area contributed by atoms with E-state index in [0.29, 0.717) is 0 Å². The summed E-state index contributed by atoms with van der Waals surface area (Å²) < 4.78 is 0. The summed E-state index contributed by atoms with van der Waals surface area (Å²) in [4.78, 5) is 0. The first-order chi connectivity index (χ1) is 3.33. The Kier molecular flexibility index (Phi) is 24.8. The molecule has 0 aliphatic heterocycles. The molecule has 0 aromatic rings. The molecule has 0 aromatic carbocycles. The monoisotopic (exact) mass is 102 g/mol. The Balaban J connectivity index is 0. The zero-order chi connectivity index (χ0) is 6.12. The van der Waals surface area contributed by atoms with Gasteiger partial charge in [-0.3, -0.25) is 0 Å². The average molecular weight is 102 g/mol. The Labute approximate surface area is 43.8 Å². The maximum Gasteiger partial charge on any atom is 0.103 e. The lowest BCUT2D eigenvalue weighted by atomic mass is 10.8. The van der Waals surface area contributed by atoms with Gasteiger partial charge in [-0.1, -0.05) is 5.92 Å². The lowest BCUT2D eigenvalue weighted by Crippen LogP contribution is -1.64. The van der Waals surface area contributed by atoms with Crippen LogP contribution in [0, 0.1) is 12.3 Å². The summed E-state index contributed by atoms with van der Waals surface area (Å²) in [6.45, 7) is 1.78. The minimum absolute atomic E-state index is 0.153. The topological polar surface area (TPSA) is 40.5 Å². The van der Waals surface area contributed by atoms with Crippen LogP contribution in [0.2, 0.25) is 0 Å². The van der Waals surface area contributed by atoms with Crippen molar-refractivity contribution in [1.82, 2.24) is 0 Å². The predicted octanol–water partition coefficient (Wildman–Crippen LogP) is -0.389. The van der Waals surface area contributed by atoms with Crippen molar-refractivity contribution in [3.8, 4) is 12.3 Å². The van der Waals surface area contributed by atoms with Gasteiger partial charge in [0.05, 0.1) is 0 Å². The summed E-state index contributed by atoms with van der Waals surface area (Å²) in [5.41, 5.74) is 0. The van der Waals surface area contributed by atoms with E-state index in [1.54, 1.807) is 6.92 Å². The third-order valence-corrected chi connectivity index (χ3v) is 0.0913. The molecular weight excluding hydrogens is 92.1 g/mol. The highest BCUT2D eigenvalue weighted by Crippen LogP contribution is 1.34. The highest BCUT2D eigenvalue weighted by Gasteiger charge is 1.43. The van der Waals surface area contributed by atoms with Gasteiger partial charge < -0.3 is 10.2 Å². The SMILES string of the molecule is C#CCO.CCO. The smallest absolute Gasteiger partial charge is 0.103 e. The van der Waals surface area contributed by atoms with Crippen molar-refractivity contribution < 1.29 is 10.2 Å². The van der Waals surface area contributed by atoms with E-state index in [1.165, 1.54) is 0 Å². The Morgan fingerprint density at radius 2 is 1.71 bits per heavy atom. The molecule has 0 amide bonds. The van der Waals surface area contributed by atoms with E-state index in [4.69, 9.17) is 10.2 Å². The van der Waals surface area contributed by atoms with Crippen LogP contribution in [0.25, 0.3) is 0 Å². The first-order valence-corrected chi connectivity index (χ1v) is 1.98. The summed E-state index contributed by atoms with van der Waals surface area (Å²) in [5.74, 6) is 1.99. The fourth-order valence-electron chi connectivity index (χ4n) is 0. The maximum absolute atomic E-state index is 7.64. The summed E-state index contributed by atoms with van der Waals surface area (Å²) >= 11 is 0. The lowest BCUT2D eigenvalue weighted by molar-refractivity contribution is 0.318. The predicted molar refractivity (Wildman–Crippen MR) is 28.7 cm³/mol. The van der Waals surface area contributed by atoms with Gasteiger partial charge in [-0.05, 0) is 6.92 Å². The van der Waals surface area contributed by atoms with E-state index in [-0.39, 0.29) is 13.2 Å². The Morgan fingerprint density at radius 1 is 1.57 bits per heavy atom. The molecule has 0 aliphatic rings. The second-order valence-electron chi connectivity index (χ2n) is 0.678. The van der Waals surface area contributed by atoms with Crippen molar-refractivity contribution in [2.45, 2.75) is 6.92 Å². The van der Waals surface area contributed by atoms with Crippen LogP contribution in [0.4, 0.5) is 0 Å². The number of terminal acetylenes is 1. The quantitative estimate of drug-likeness (QED) is 0.409. The van der Waals surface area contributed by atoms with E-state index in [2.05, 4.69) is 6.42 Å². The number of rotatable bonds is 0. The number of hydrogen-bond acceptors (Lipinski definition) is 2. The summed E-state index contributed by atoms with van der Waals surface area (Å²) in [7, 11) is 0.